The fourth-order valence-corrected chi connectivity index (χ4v) is 6.48. The van der Waals surface area contributed by atoms with Crippen molar-refractivity contribution in [3.8, 4) is 11.5 Å². The van der Waals surface area contributed by atoms with Crippen LogP contribution in [0, 0.1) is 6.92 Å². The average molecular weight is 469 g/mol. The van der Waals surface area contributed by atoms with E-state index in [0.29, 0.717) is 60.5 Å². The number of benzene rings is 1. The van der Waals surface area contributed by atoms with Gasteiger partial charge in [0.15, 0.2) is 15.7 Å². The summed E-state index contributed by atoms with van der Waals surface area (Å²) < 4.78 is 38.1. The van der Waals surface area contributed by atoms with Crippen molar-refractivity contribution in [3.63, 3.8) is 0 Å². The third-order valence-electron chi connectivity index (χ3n) is 5.37. The van der Waals surface area contributed by atoms with Crippen molar-refractivity contribution in [3.05, 3.63) is 33.6 Å². The molecule has 1 amide bonds. The van der Waals surface area contributed by atoms with E-state index in [1.807, 2.05) is 4.90 Å². The Hall–Kier alpha value is -2.41. The summed E-state index contributed by atoms with van der Waals surface area (Å²) in [5.74, 6) is 1.06. The number of hydrogen-bond donors (Lipinski definition) is 2. The van der Waals surface area contributed by atoms with Gasteiger partial charge in [0, 0.05) is 43.6 Å². The number of thiazole rings is 1. The first-order chi connectivity index (χ1) is 14.8. The molecule has 1 saturated heterocycles. The standard InChI is InChI=1S/C19H24N4O6S2/c1-12-18(30-19(25)20-12)31(26,27)23-7-5-22(6-8-23)13(2)17(24)21-14-3-4-15-16(11-14)29-10-9-28-15/h3-4,11,13H,5-10H2,1-2H3,(H,20,25)(H,21,24). The van der Waals surface area contributed by atoms with Crippen molar-refractivity contribution in [2.45, 2.75) is 24.1 Å². The zero-order valence-electron chi connectivity index (χ0n) is 17.2. The largest absolute Gasteiger partial charge is 0.486 e. The Bertz CT molecular complexity index is 1130. The Labute approximate surface area is 183 Å². The van der Waals surface area contributed by atoms with E-state index in [2.05, 4.69) is 10.3 Å². The van der Waals surface area contributed by atoms with E-state index in [4.69, 9.17) is 9.47 Å². The van der Waals surface area contributed by atoms with Gasteiger partial charge >= 0.3 is 4.87 Å². The molecule has 0 spiro atoms. The number of anilines is 1. The van der Waals surface area contributed by atoms with Crippen LogP contribution in [0.5, 0.6) is 11.5 Å². The van der Waals surface area contributed by atoms with E-state index >= 15 is 0 Å². The lowest BCUT2D eigenvalue weighted by Crippen LogP contribution is -2.53. The van der Waals surface area contributed by atoms with Crippen LogP contribution in [-0.2, 0) is 14.8 Å². The van der Waals surface area contributed by atoms with Crippen molar-refractivity contribution < 1.29 is 22.7 Å². The van der Waals surface area contributed by atoms with Gasteiger partial charge in [-0.05, 0) is 26.0 Å². The van der Waals surface area contributed by atoms with E-state index in [0.717, 1.165) is 0 Å². The summed E-state index contributed by atoms with van der Waals surface area (Å²) in [4.78, 5) is 28.3. The van der Waals surface area contributed by atoms with Crippen LogP contribution in [0.3, 0.4) is 0 Å². The van der Waals surface area contributed by atoms with Gasteiger partial charge in [0.1, 0.15) is 13.2 Å². The molecular weight excluding hydrogens is 444 g/mol. The van der Waals surface area contributed by atoms with Gasteiger partial charge in [-0.15, -0.1) is 0 Å². The molecule has 31 heavy (non-hydrogen) atoms. The lowest BCUT2D eigenvalue weighted by molar-refractivity contribution is -0.121. The fourth-order valence-electron chi connectivity index (χ4n) is 3.62. The Balaban J connectivity index is 1.36. The molecular formula is C19H24N4O6S2. The smallest absolute Gasteiger partial charge is 0.305 e. The highest BCUT2D eigenvalue weighted by Gasteiger charge is 2.34. The Morgan fingerprint density at radius 3 is 2.48 bits per heavy atom. The molecule has 0 radical (unpaired) electrons. The molecule has 2 N–H and O–H groups in total. The topological polar surface area (TPSA) is 121 Å². The maximum absolute atomic E-state index is 12.8. The third-order valence-corrected chi connectivity index (χ3v) is 8.85. The number of piperazine rings is 1. The number of nitrogens with one attached hydrogen (secondary N) is 2. The van der Waals surface area contributed by atoms with Crippen molar-refractivity contribution in [2.75, 3.05) is 44.7 Å². The number of carbonyl (C=O) groups excluding carboxylic acids is 1. The van der Waals surface area contributed by atoms with Crippen LogP contribution in [0.4, 0.5) is 5.69 Å². The van der Waals surface area contributed by atoms with Crippen LogP contribution in [0.1, 0.15) is 12.6 Å². The molecule has 1 fully saturated rings. The van der Waals surface area contributed by atoms with Crippen molar-refractivity contribution in [1.82, 2.24) is 14.2 Å². The van der Waals surface area contributed by atoms with Gasteiger partial charge < -0.3 is 19.8 Å². The molecule has 1 atom stereocenters. The molecule has 10 nitrogen and oxygen atoms in total. The summed E-state index contributed by atoms with van der Waals surface area (Å²) in [5.41, 5.74) is 0.963. The van der Waals surface area contributed by atoms with E-state index in [-0.39, 0.29) is 28.1 Å². The lowest BCUT2D eigenvalue weighted by Gasteiger charge is -2.36. The number of carbonyl (C=O) groups is 1. The molecule has 0 aliphatic carbocycles. The molecule has 2 aliphatic heterocycles. The number of ether oxygens (including phenoxy) is 2. The average Bonchev–Trinajstić information content (AvgIpc) is 3.12. The van der Waals surface area contributed by atoms with Crippen LogP contribution < -0.4 is 19.7 Å². The third kappa shape index (κ3) is 4.47. The zero-order valence-corrected chi connectivity index (χ0v) is 18.8. The van der Waals surface area contributed by atoms with Gasteiger partial charge in [0.2, 0.25) is 5.91 Å². The molecule has 2 aromatic rings. The van der Waals surface area contributed by atoms with Crippen LogP contribution in [0.15, 0.2) is 27.2 Å². The van der Waals surface area contributed by atoms with Gasteiger partial charge in [-0.1, -0.05) is 11.3 Å². The van der Waals surface area contributed by atoms with Crippen LogP contribution in [0.25, 0.3) is 0 Å². The molecule has 1 unspecified atom stereocenters. The fraction of sp³-hybridized carbons (Fsp3) is 0.474. The number of sulfonamides is 1. The van der Waals surface area contributed by atoms with Crippen LogP contribution in [0.2, 0.25) is 0 Å². The first-order valence-electron chi connectivity index (χ1n) is 9.90. The minimum atomic E-state index is -3.73. The maximum atomic E-state index is 12.8. The summed E-state index contributed by atoms with van der Waals surface area (Å²) in [5, 5.41) is 2.88. The second-order valence-electron chi connectivity index (χ2n) is 7.39. The van der Waals surface area contributed by atoms with Gasteiger partial charge in [-0.3, -0.25) is 14.5 Å². The predicted octanol–water partition coefficient (Wildman–Crippen LogP) is 0.850. The molecule has 0 bridgehead atoms. The SMILES string of the molecule is Cc1[nH]c(=O)sc1S(=O)(=O)N1CCN(C(C)C(=O)Nc2ccc3c(c2)OCCO3)CC1. The molecule has 168 valence electrons. The maximum Gasteiger partial charge on any atom is 0.305 e. The Morgan fingerprint density at radius 1 is 1.16 bits per heavy atom. The minimum absolute atomic E-state index is 0.0512. The zero-order chi connectivity index (χ0) is 22.2. The van der Waals surface area contributed by atoms with E-state index in [9.17, 15) is 18.0 Å². The second kappa shape index (κ2) is 8.61. The lowest BCUT2D eigenvalue weighted by atomic mass is 10.2. The number of nitrogens with zero attached hydrogens (tertiary/aromatic N) is 2. The number of fused-ring (bicyclic) bond motifs is 1. The Morgan fingerprint density at radius 2 is 1.84 bits per heavy atom. The van der Waals surface area contributed by atoms with Crippen molar-refractivity contribution in [2.24, 2.45) is 0 Å². The molecule has 12 heteroatoms. The molecule has 1 aromatic heterocycles. The number of amides is 1. The highest BCUT2D eigenvalue weighted by molar-refractivity contribution is 7.91. The first-order valence-corrected chi connectivity index (χ1v) is 12.2. The monoisotopic (exact) mass is 468 g/mol. The summed E-state index contributed by atoms with van der Waals surface area (Å²) >= 11 is 0.700. The van der Waals surface area contributed by atoms with Gasteiger partial charge in [-0.2, -0.15) is 4.31 Å². The number of aryl methyl sites for hydroxylation is 1. The van der Waals surface area contributed by atoms with E-state index < -0.39 is 16.1 Å². The molecule has 0 saturated carbocycles. The van der Waals surface area contributed by atoms with Gasteiger partial charge in [0.25, 0.3) is 10.0 Å². The second-order valence-corrected chi connectivity index (χ2v) is 10.5. The number of rotatable bonds is 5. The van der Waals surface area contributed by atoms with Crippen molar-refractivity contribution >= 4 is 33.0 Å². The predicted molar refractivity (Wildman–Crippen MR) is 116 cm³/mol. The normalized spacial score (nSPS) is 18.5. The molecule has 3 heterocycles. The number of aromatic amines is 1. The molecule has 1 aromatic carbocycles. The molecule has 4 rings (SSSR count). The summed E-state index contributed by atoms with van der Waals surface area (Å²) in [7, 11) is -3.73. The highest BCUT2D eigenvalue weighted by Crippen LogP contribution is 2.32. The quantitative estimate of drug-likeness (QED) is 0.667. The summed E-state index contributed by atoms with van der Waals surface area (Å²) in [6, 6.07) is 4.81. The minimum Gasteiger partial charge on any atom is -0.486 e. The van der Waals surface area contributed by atoms with Gasteiger partial charge in [0.05, 0.1) is 6.04 Å². The van der Waals surface area contributed by atoms with Crippen LogP contribution in [-0.4, -0.2) is 73.9 Å². The van der Waals surface area contributed by atoms with Crippen LogP contribution >= 0.6 is 11.3 Å². The Kier molecular flexibility index (Phi) is 6.06. The highest BCUT2D eigenvalue weighted by atomic mass is 32.2. The summed E-state index contributed by atoms with van der Waals surface area (Å²) in [6.07, 6.45) is 0. The van der Waals surface area contributed by atoms with Crippen molar-refractivity contribution in [1.29, 1.82) is 0 Å². The number of hydrogen-bond acceptors (Lipinski definition) is 8. The van der Waals surface area contributed by atoms with Gasteiger partial charge in [-0.25, -0.2) is 8.42 Å². The first kappa shape index (κ1) is 21.8. The van der Waals surface area contributed by atoms with E-state index in [1.165, 1.54) is 4.31 Å². The number of aromatic nitrogens is 1. The number of H-pyrrole nitrogens is 1. The summed E-state index contributed by atoms with van der Waals surface area (Å²) in [6.45, 7) is 5.64. The molecule has 2 aliphatic rings. The van der Waals surface area contributed by atoms with E-state index in [1.54, 1.807) is 32.0 Å².